The largest absolute Gasteiger partial charge is 0.333 e. The lowest BCUT2D eigenvalue weighted by Gasteiger charge is -2.31. The predicted octanol–water partition coefficient (Wildman–Crippen LogP) is 8.13. The standard InChI is InChI=1S/C33H27N/c1-21-11-15-32-29(17-21)30-20-24(14-16-33(30)34(32)31-10-6-3-7-22(31)2)23-12-13-26-18-25-8-4-5-9-27(25)28(26)19-23/h3-17,19-20,30,33H,18H2,1-2H3. The highest BCUT2D eigenvalue weighted by Crippen LogP contribution is 2.50. The second-order valence-corrected chi connectivity index (χ2v) is 9.92. The van der Waals surface area contributed by atoms with Crippen LogP contribution in [0, 0.1) is 13.8 Å². The Morgan fingerprint density at radius 1 is 0.735 bits per heavy atom. The summed E-state index contributed by atoms with van der Waals surface area (Å²) in [4.78, 5) is 2.54. The number of rotatable bonds is 2. The lowest BCUT2D eigenvalue weighted by molar-refractivity contribution is 0.745. The van der Waals surface area contributed by atoms with Crippen molar-refractivity contribution in [2.75, 3.05) is 4.90 Å². The first-order valence-electron chi connectivity index (χ1n) is 12.2. The fourth-order valence-corrected chi connectivity index (χ4v) is 6.13. The molecule has 0 bridgehead atoms. The van der Waals surface area contributed by atoms with Gasteiger partial charge in [-0.25, -0.2) is 0 Å². The molecular weight excluding hydrogens is 410 g/mol. The van der Waals surface area contributed by atoms with E-state index in [9.17, 15) is 0 Å². The third-order valence-electron chi connectivity index (χ3n) is 7.81. The Labute approximate surface area is 201 Å². The van der Waals surface area contributed by atoms with Crippen molar-refractivity contribution in [2.45, 2.75) is 32.2 Å². The first-order valence-corrected chi connectivity index (χ1v) is 12.2. The molecule has 34 heavy (non-hydrogen) atoms. The highest BCUT2D eigenvalue weighted by atomic mass is 15.2. The van der Waals surface area contributed by atoms with Crippen LogP contribution in [0.15, 0.2) is 103 Å². The SMILES string of the molecule is Cc1ccc2c(c1)C1C=C(c3ccc4c(c3)-c3ccccc3C4)C=CC1N2c1ccccc1C. The quantitative estimate of drug-likeness (QED) is 0.269. The Hall–Kier alpha value is -3.84. The van der Waals surface area contributed by atoms with Gasteiger partial charge < -0.3 is 4.90 Å². The third kappa shape index (κ3) is 2.86. The summed E-state index contributed by atoms with van der Waals surface area (Å²) >= 11 is 0. The molecule has 0 amide bonds. The first-order chi connectivity index (χ1) is 16.7. The molecule has 0 saturated heterocycles. The molecule has 2 aliphatic carbocycles. The molecule has 4 aromatic carbocycles. The van der Waals surface area contributed by atoms with E-state index < -0.39 is 0 Å². The zero-order chi connectivity index (χ0) is 22.8. The Morgan fingerprint density at radius 2 is 1.56 bits per heavy atom. The van der Waals surface area contributed by atoms with Gasteiger partial charge in [0.1, 0.15) is 0 Å². The van der Waals surface area contributed by atoms with E-state index in [1.165, 1.54) is 61.5 Å². The number of para-hydroxylation sites is 1. The summed E-state index contributed by atoms with van der Waals surface area (Å²) in [6.07, 6.45) is 8.31. The van der Waals surface area contributed by atoms with Crippen LogP contribution in [0.25, 0.3) is 16.7 Å². The highest BCUT2D eigenvalue weighted by molar-refractivity contribution is 5.86. The van der Waals surface area contributed by atoms with E-state index in [1.807, 2.05) is 0 Å². The number of nitrogens with zero attached hydrogens (tertiary/aromatic N) is 1. The summed E-state index contributed by atoms with van der Waals surface area (Å²) in [6, 6.07) is 31.9. The van der Waals surface area contributed by atoms with Crippen molar-refractivity contribution in [2.24, 2.45) is 0 Å². The smallest absolute Gasteiger partial charge is 0.0630 e. The molecule has 0 spiro atoms. The topological polar surface area (TPSA) is 3.24 Å². The fourth-order valence-electron chi connectivity index (χ4n) is 6.13. The van der Waals surface area contributed by atoms with Crippen LogP contribution in [0.4, 0.5) is 11.4 Å². The number of fused-ring (bicyclic) bond motifs is 6. The van der Waals surface area contributed by atoms with Crippen LogP contribution in [0.5, 0.6) is 0 Å². The molecule has 4 aromatic rings. The second kappa shape index (κ2) is 7.33. The molecule has 0 radical (unpaired) electrons. The van der Waals surface area contributed by atoms with E-state index in [0.29, 0.717) is 12.0 Å². The van der Waals surface area contributed by atoms with Gasteiger partial charge in [-0.05, 0) is 83.0 Å². The summed E-state index contributed by atoms with van der Waals surface area (Å²) in [5, 5.41) is 0. The number of hydrogen-bond acceptors (Lipinski definition) is 1. The normalized spacial score (nSPS) is 19.4. The molecule has 1 nitrogen and oxygen atoms in total. The maximum Gasteiger partial charge on any atom is 0.0630 e. The molecule has 2 atom stereocenters. The van der Waals surface area contributed by atoms with Crippen LogP contribution in [0.1, 0.15) is 39.3 Å². The molecular formula is C33H27N. The molecule has 0 fully saturated rings. The van der Waals surface area contributed by atoms with E-state index in [4.69, 9.17) is 0 Å². The van der Waals surface area contributed by atoms with E-state index in [2.05, 4.69) is 122 Å². The van der Waals surface area contributed by atoms with E-state index >= 15 is 0 Å². The van der Waals surface area contributed by atoms with E-state index in [-0.39, 0.29) is 0 Å². The number of benzene rings is 4. The summed E-state index contributed by atoms with van der Waals surface area (Å²) in [7, 11) is 0. The highest BCUT2D eigenvalue weighted by Gasteiger charge is 2.38. The van der Waals surface area contributed by atoms with Gasteiger partial charge in [-0.2, -0.15) is 0 Å². The van der Waals surface area contributed by atoms with Crippen molar-refractivity contribution in [1.82, 2.24) is 0 Å². The van der Waals surface area contributed by atoms with Gasteiger partial charge in [-0.1, -0.05) is 90.5 Å². The van der Waals surface area contributed by atoms with Crippen molar-refractivity contribution in [3.05, 3.63) is 137 Å². The van der Waals surface area contributed by atoms with E-state index in [1.54, 1.807) is 0 Å². The molecule has 7 rings (SSSR count). The lowest BCUT2D eigenvalue weighted by atomic mass is 9.85. The first kappa shape index (κ1) is 19.6. The van der Waals surface area contributed by atoms with Crippen LogP contribution >= 0.6 is 0 Å². The molecule has 0 N–H and O–H groups in total. The van der Waals surface area contributed by atoms with Crippen molar-refractivity contribution >= 4 is 16.9 Å². The predicted molar refractivity (Wildman–Crippen MR) is 143 cm³/mol. The Morgan fingerprint density at radius 3 is 2.47 bits per heavy atom. The van der Waals surface area contributed by atoms with Gasteiger partial charge in [-0.3, -0.25) is 0 Å². The average Bonchev–Trinajstić information content (AvgIpc) is 3.39. The van der Waals surface area contributed by atoms with Crippen LogP contribution in [0.2, 0.25) is 0 Å². The zero-order valence-electron chi connectivity index (χ0n) is 19.6. The van der Waals surface area contributed by atoms with Crippen LogP contribution in [0.3, 0.4) is 0 Å². The van der Waals surface area contributed by atoms with E-state index in [0.717, 1.165) is 6.42 Å². The molecule has 164 valence electrons. The van der Waals surface area contributed by atoms with Gasteiger partial charge in [0.15, 0.2) is 0 Å². The number of hydrogen-bond donors (Lipinski definition) is 0. The second-order valence-electron chi connectivity index (χ2n) is 9.92. The van der Waals surface area contributed by atoms with Crippen LogP contribution < -0.4 is 4.90 Å². The van der Waals surface area contributed by atoms with Crippen molar-refractivity contribution in [3.63, 3.8) is 0 Å². The Balaban J connectivity index is 1.33. The van der Waals surface area contributed by atoms with Gasteiger partial charge >= 0.3 is 0 Å². The molecule has 0 aromatic heterocycles. The van der Waals surface area contributed by atoms with Gasteiger partial charge in [0.25, 0.3) is 0 Å². The molecule has 2 unspecified atom stereocenters. The molecule has 1 heterocycles. The monoisotopic (exact) mass is 437 g/mol. The zero-order valence-corrected chi connectivity index (χ0v) is 19.6. The molecule has 1 heteroatoms. The maximum absolute atomic E-state index is 2.54. The Bertz CT molecular complexity index is 1520. The van der Waals surface area contributed by atoms with Crippen molar-refractivity contribution in [1.29, 1.82) is 0 Å². The summed E-state index contributed by atoms with van der Waals surface area (Å²) in [5.41, 5.74) is 15.0. The lowest BCUT2D eigenvalue weighted by Crippen LogP contribution is -2.29. The number of allylic oxidation sites excluding steroid dienone is 2. The van der Waals surface area contributed by atoms with Crippen molar-refractivity contribution < 1.29 is 0 Å². The summed E-state index contributed by atoms with van der Waals surface area (Å²) in [6.45, 7) is 4.42. The Kier molecular flexibility index (Phi) is 4.23. The average molecular weight is 438 g/mol. The fraction of sp³-hybridized carbons (Fsp3) is 0.152. The molecule has 1 aliphatic heterocycles. The minimum Gasteiger partial charge on any atom is -0.333 e. The van der Waals surface area contributed by atoms with Gasteiger partial charge in [0, 0.05) is 17.3 Å². The maximum atomic E-state index is 2.54. The van der Waals surface area contributed by atoms with Crippen LogP contribution in [-0.2, 0) is 6.42 Å². The minimum atomic E-state index is 0.303. The molecule has 3 aliphatic rings. The van der Waals surface area contributed by atoms with Crippen molar-refractivity contribution in [3.8, 4) is 11.1 Å². The van der Waals surface area contributed by atoms with Gasteiger partial charge in [-0.15, -0.1) is 0 Å². The summed E-state index contributed by atoms with van der Waals surface area (Å²) < 4.78 is 0. The number of anilines is 2. The minimum absolute atomic E-state index is 0.303. The summed E-state index contributed by atoms with van der Waals surface area (Å²) in [5.74, 6) is 0.343. The van der Waals surface area contributed by atoms with Gasteiger partial charge in [0.05, 0.1) is 6.04 Å². The number of aryl methyl sites for hydroxylation is 2. The third-order valence-corrected chi connectivity index (χ3v) is 7.81. The van der Waals surface area contributed by atoms with Gasteiger partial charge in [0.2, 0.25) is 0 Å². The van der Waals surface area contributed by atoms with Crippen LogP contribution in [-0.4, -0.2) is 6.04 Å². The molecule has 0 saturated carbocycles.